The Kier molecular flexibility index (Phi) is 7.43. The van der Waals surface area contributed by atoms with Crippen LogP contribution < -0.4 is 0 Å². The highest BCUT2D eigenvalue weighted by Gasteiger charge is 2.20. The van der Waals surface area contributed by atoms with Gasteiger partial charge in [0, 0.05) is 12.2 Å². The summed E-state index contributed by atoms with van der Waals surface area (Å²) in [5, 5.41) is 9.68. The van der Waals surface area contributed by atoms with Gasteiger partial charge in [-0.3, -0.25) is 0 Å². The smallest absolute Gasteiger partial charge is 0.126 e. The second kappa shape index (κ2) is 7.71. The molecule has 0 aliphatic rings. The number of terminal acetylenes is 1. The largest absolute Gasteiger partial charge is 0.748 e. The number of aliphatic hydroxyl groups is 1. The van der Waals surface area contributed by atoms with E-state index in [1.54, 1.807) is 0 Å². The van der Waals surface area contributed by atoms with Crippen LogP contribution >= 0.6 is 0 Å². The number of rotatable bonds is 9. The molecule has 0 aromatic carbocycles. The summed E-state index contributed by atoms with van der Waals surface area (Å²) < 4.78 is 36.8. The first-order valence-electron chi connectivity index (χ1n) is 5.61. The van der Waals surface area contributed by atoms with Crippen molar-refractivity contribution in [3.05, 3.63) is 0 Å². The number of aliphatic hydroxyl groups excluding tert-OH is 1. The molecule has 0 fully saturated rings. The van der Waals surface area contributed by atoms with E-state index in [2.05, 4.69) is 5.92 Å². The molecule has 106 valence electrons. The molecule has 0 saturated carbocycles. The average molecular weight is 279 g/mol. The number of hydrogen-bond donors (Lipinski definition) is 1. The molecule has 0 aliphatic carbocycles. The Hall–Kier alpha value is -0.650. The Morgan fingerprint density at radius 1 is 1.50 bits per heavy atom. The van der Waals surface area contributed by atoms with Crippen LogP contribution in [0, 0.1) is 12.3 Å². The molecule has 6 nitrogen and oxygen atoms in total. The second-order valence-corrected chi connectivity index (χ2v) is 6.35. The zero-order valence-corrected chi connectivity index (χ0v) is 11.6. The summed E-state index contributed by atoms with van der Waals surface area (Å²) in [5.41, 5.74) is 0. The minimum Gasteiger partial charge on any atom is -0.748 e. The van der Waals surface area contributed by atoms with Crippen LogP contribution in [-0.4, -0.2) is 74.8 Å². The van der Waals surface area contributed by atoms with Crippen LogP contribution in [0.5, 0.6) is 0 Å². The molecule has 0 rings (SSSR count). The fourth-order valence-corrected chi connectivity index (χ4v) is 2.12. The van der Waals surface area contributed by atoms with Gasteiger partial charge in [0.1, 0.15) is 19.3 Å². The maximum absolute atomic E-state index is 10.5. The third-order valence-corrected chi connectivity index (χ3v) is 3.15. The molecule has 0 radical (unpaired) electrons. The summed E-state index contributed by atoms with van der Waals surface area (Å²) in [5.74, 6) is 1.92. The third kappa shape index (κ3) is 10.5. The lowest BCUT2D eigenvalue weighted by Crippen LogP contribution is -2.47. The topological polar surface area (TPSA) is 86.7 Å². The van der Waals surface area contributed by atoms with Crippen LogP contribution in [0.25, 0.3) is 0 Å². The van der Waals surface area contributed by atoms with Gasteiger partial charge in [0.2, 0.25) is 0 Å². The Labute approximate surface area is 109 Å². The van der Waals surface area contributed by atoms with Gasteiger partial charge in [-0.05, 0) is 0 Å². The van der Waals surface area contributed by atoms with Gasteiger partial charge in [0.05, 0.1) is 37.4 Å². The zero-order chi connectivity index (χ0) is 14.2. The first-order chi connectivity index (χ1) is 8.16. The lowest BCUT2D eigenvalue weighted by molar-refractivity contribution is -0.893. The molecule has 0 aromatic rings. The van der Waals surface area contributed by atoms with Crippen molar-refractivity contribution in [3.63, 3.8) is 0 Å². The van der Waals surface area contributed by atoms with Crippen molar-refractivity contribution < 1.29 is 27.3 Å². The number of likely N-dealkylation sites (N-methyl/N-ethyl adjacent to an activating group) is 1. The summed E-state index contributed by atoms with van der Waals surface area (Å²) in [7, 11) is -0.464. The van der Waals surface area contributed by atoms with Gasteiger partial charge < -0.3 is 18.9 Å². The number of nitrogens with zero attached hydrogens (tertiary/aromatic N) is 1. The Bertz CT molecular complexity index is 371. The summed E-state index contributed by atoms with van der Waals surface area (Å²) in [6, 6.07) is 0. The quantitative estimate of drug-likeness (QED) is 0.253. The van der Waals surface area contributed by atoms with Crippen LogP contribution in [0.2, 0.25) is 0 Å². The molecule has 0 bridgehead atoms. The lowest BCUT2D eigenvalue weighted by Gasteiger charge is -2.31. The minimum absolute atomic E-state index is 0.145. The maximum atomic E-state index is 10.5. The molecule has 7 heteroatoms. The van der Waals surface area contributed by atoms with Gasteiger partial charge in [0.15, 0.2) is 0 Å². The molecule has 1 unspecified atom stereocenters. The Morgan fingerprint density at radius 2 is 2.11 bits per heavy atom. The fourth-order valence-electron chi connectivity index (χ4n) is 1.64. The van der Waals surface area contributed by atoms with E-state index < -0.39 is 16.2 Å². The molecule has 0 amide bonds. The highest BCUT2D eigenvalue weighted by molar-refractivity contribution is 7.85. The van der Waals surface area contributed by atoms with Gasteiger partial charge >= 0.3 is 0 Å². The van der Waals surface area contributed by atoms with Crippen LogP contribution in [0.3, 0.4) is 0 Å². The van der Waals surface area contributed by atoms with Gasteiger partial charge in [-0.15, -0.1) is 6.42 Å². The number of quaternary nitrogens is 1. The van der Waals surface area contributed by atoms with Crippen LogP contribution in [-0.2, 0) is 14.9 Å². The van der Waals surface area contributed by atoms with E-state index in [0.29, 0.717) is 17.6 Å². The van der Waals surface area contributed by atoms with E-state index in [4.69, 9.17) is 11.2 Å². The van der Waals surface area contributed by atoms with Crippen molar-refractivity contribution in [1.82, 2.24) is 0 Å². The lowest BCUT2D eigenvalue weighted by atomic mass is 10.3. The standard InChI is InChI=1S/C11H21NO5S/c1-4-7-17-10-11(13)9-12(2,3)6-5-8-18(14,15)16/h1,11,13H,5-10H2,2-3H3. The van der Waals surface area contributed by atoms with Gasteiger partial charge in [0.25, 0.3) is 0 Å². The van der Waals surface area contributed by atoms with E-state index in [-0.39, 0.29) is 25.4 Å². The van der Waals surface area contributed by atoms with E-state index >= 15 is 0 Å². The van der Waals surface area contributed by atoms with E-state index in [1.807, 2.05) is 14.1 Å². The van der Waals surface area contributed by atoms with Gasteiger partial charge in [-0.2, -0.15) is 0 Å². The van der Waals surface area contributed by atoms with Crippen molar-refractivity contribution in [2.45, 2.75) is 12.5 Å². The Morgan fingerprint density at radius 3 is 2.61 bits per heavy atom. The predicted molar refractivity (Wildman–Crippen MR) is 66.7 cm³/mol. The first-order valence-corrected chi connectivity index (χ1v) is 7.19. The van der Waals surface area contributed by atoms with Crippen LogP contribution in [0.4, 0.5) is 0 Å². The molecule has 1 atom stereocenters. The van der Waals surface area contributed by atoms with Crippen LogP contribution in [0.15, 0.2) is 0 Å². The highest BCUT2D eigenvalue weighted by Crippen LogP contribution is 2.03. The monoisotopic (exact) mass is 279 g/mol. The van der Waals surface area contributed by atoms with Crippen molar-refractivity contribution >= 4 is 10.1 Å². The van der Waals surface area contributed by atoms with Gasteiger partial charge in [-0.25, -0.2) is 8.42 Å². The average Bonchev–Trinajstić information content (AvgIpc) is 2.14. The van der Waals surface area contributed by atoms with Gasteiger partial charge in [-0.1, -0.05) is 5.92 Å². The summed E-state index contributed by atoms with van der Waals surface area (Å²) in [6.07, 6.45) is 4.61. The van der Waals surface area contributed by atoms with E-state index in [9.17, 15) is 18.1 Å². The molecule has 0 spiro atoms. The van der Waals surface area contributed by atoms with Crippen LogP contribution in [0.1, 0.15) is 6.42 Å². The van der Waals surface area contributed by atoms with Crippen molar-refractivity contribution in [2.75, 3.05) is 46.2 Å². The van der Waals surface area contributed by atoms with E-state index in [1.165, 1.54) is 0 Å². The summed E-state index contributed by atoms with van der Waals surface area (Å²) in [4.78, 5) is 0. The SMILES string of the molecule is C#CCOCC(O)C[N+](C)(C)CCCS(=O)(=O)[O-]. The van der Waals surface area contributed by atoms with Crippen molar-refractivity contribution in [3.8, 4) is 12.3 Å². The van der Waals surface area contributed by atoms with Crippen molar-refractivity contribution in [1.29, 1.82) is 0 Å². The fraction of sp³-hybridized carbons (Fsp3) is 0.818. The second-order valence-electron chi connectivity index (χ2n) is 4.83. The molecular formula is C11H21NO5S. The molecule has 0 heterocycles. The molecule has 0 aliphatic heterocycles. The summed E-state index contributed by atoms with van der Waals surface area (Å²) in [6.45, 7) is 1.20. The highest BCUT2D eigenvalue weighted by atomic mass is 32.2. The predicted octanol–water partition coefficient (Wildman–Crippen LogP) is -0.991. The third-order valence-electron chi connectivity index (χ3n) is 2.36. The molecule has 1 N–H and O–H groups in total. The molecule has 18 heavy (non-hydrogen) atoms. The minimum atomic E-state index is -4.16. The zero-order valence-electron chi connectivity index (χ0n) is 10.8. The molecule has 0 aromatic heterocycles. The Balaban J connectivity index is 3.95. The molecule has 0 saturated heterocycles. The summed E-state index contributed by atoms with van der Waals surface area (Å²) >= 11 is 0. The molecular weight excluding hydrogens is 258 g/mol. The van der Waals surface area contributed by atoms with Crippen molar-refractivity contribution in [2.24, 2.45) is 0 Å². The first kappa shape index (κ1) is 17.4. The normalized spacial score (nSPS) is 14.2. The van der Waals surface area contributed by atoms with E-state index in [0.717, 1.165) is 0 Å². The maximum Gasteiger partial charge on any atom is 0.126 e. The number of hydrogen-bond acceptors (Lipinski definition) is 5. The number of ether oxygens (including phenoxy) is 1.